The second-order valence-corrected chi connectivity index (χ2v) is 3.76. The zero-order chi connectivity index (χ0) is 12.8. The first-order valence-electron chi connectivity index (χ1n) is 4.95. The Morgan fingerprint density at radius 1 is 1.35 bits per heavy atom. The van der Waals surface area contributed by atoms with Crippen molar-refractivity contribution in [2.45, 2.75) is 12.5 Å². The fourth-order valence-electron chi connectivity index (χ4n) is 1.27. The standard InChI is InChI=1S/C11H12ClNO4/c12-8-4-2-1-3-7(8)10(15)13-9(5-6-14)11(16)17/h1-4,9,14H,5-6H2,(H,13,15)(H,16,17). The molecule has 0 radical (unpaired) electrons. The van der Waals surface area contributed by atoms with Crippen LogP contribution in [0.25, 0.3) is 0 Å². The predicted octanol–water partition coefficient (Wildman–Crippen LogP) is 0.905. The molecule has 0 heterocycles. The second kappa shape index (κ2) is 6.22. The van der Waals surface area contributed by atoms with E-state index in [9.17, 15) is 9.59 Å². The van der Waals surface area contributed by atoms with Crippen LogP contribution in [0.3, 0.4) is 0 Å². The van der Waals surface area contributed by atoms with E-state index in [0.717, 1.165) is 0 Å². The lowest BCUT2D eigenvalue weighted by molar-refractivity contribution is -0.139. The van der Waals surface area contributed by atoms with Gasteiger partial charge in [-0.3, -0.25) is 4.79 Å². The number of carbonyl (C=O) groups is 2. The molecular weight excluding hydrogens is 246 g/mol. The molecule has 3 N–H and O–H groups in total. The van der Waals surface area contributed by atoms with Crippen LogP contribution in [0.15, 0.2) is 24.3 Å². The van der Waals surface area contributed by atoms with Crippen molar-refractivity contribution in [3.63, 3.8) is 0 Å². The fourth-order valence-corrected chi connectivity index (χ4v) is 1.49. The van der Waals surface area contributed by atoms with Crippen LogP contribution in [-0.4, -0.2) is 34.7 Å². The number of aliphatic hydroxyl groups is 1. The Hall–Kier alpha value is -1.59. The summed E-state index contributed by atoms with van der Waals surface area (Å²) in [4.78, 5) is 22.5. The molecule has 1 unspecified atom stereocenters. The van der Waals surface area contributed by atoms with Gasteiger partial charge in [0.25, 0.3) is 5.91 Å². The minimum absolute atomic E-state index is 0.0501. The zero-order valence-corrected chi connectivity index (χ0v) is 9.65. The van der Waals surface area contributed by atoms with Crippen LogP contribution in [0, 0.1) is 0 Å². The van der Waals surface area contributed by atoms with Crippen molar-refractivity contribution in [1.29, 1.82) is 0 Å². The highest BCUT2D eigenvalue weighted by Crippen LogP contribution is 2.14. The van der Waals surface area contributed by atoms with Gasteiger partial charge in [0.15, 0.2) is 0 Å². The smallest absolute Gasteiger partial charge is 0.326 e. The van der Waals surface area contributed by atoms with Crippen LogP contribution in [-0.2, 0) is 4.79 Å². The Balaban J connectivity index is 2.77. The molecule has 0 fully saturated rings. The van der Waals surface area contributed by atoms with E-state index < -0.39 is 17.9 Å². The molecule has 0 aliphatic heterocycles. The Bertz CT molecular complexity index is 422. The number of aliphatic carboxylic acids is 1. The summed E-state index contributed by atoms with van der Waals surface area (Å²) in [5.74, 6) is -1.77. The summed E-state index contributed by atoms with van der Waals surface area (Å²) < 4.78 is 0. The molecular formula is C11H12ClNO4. The summed E-state index contributed by atoms with van der Waals surface area (Å²) in [6, 6.07) is 5.21. The second-order valence-electron chi connectivity index (χ2n) is 3.36. The Labute approximate surface area is 103 Å². The van der Waals surface area contributed by atoms with E-state index in [1.807, 2.05) is 0 Å². The van der Waals surface area contributed by atoms with Crippen LogP contribution in [0.4, 0.5) is 0 Å². The van der Waals surface area contributed by atoms with E-state index >= 15 is 0 Å². The highest BCUT2D eigenvalue weighted by molar-refractivity contribution is 6.33. The molecule has 0 spiro atoms. The maximum atomic E-state index is 11.7. The summed E-state index contributed by atoms with van der Waals surface area (Å²) >= 11 is 5.80. The lowest BCUT2D eigenvalue weighted by Gasteiger charge is -2.13. The van der Waals surface area contributed by atoms with E-state index in [-0.39, 0.29) is 23.6 Å². The highest BCUT2D eigenvalue weighted by Gasteiger charge is 2.20. The Kier molecular flexibility index (Phi) is 4.93. The summed E-state index contributed by atoms with van der Waals surface area (Å²) in [5, 5.41) is 20.0. The van der Waals surface area contributed by atoms with Gasteiger partial charge >= 0.3 is 5.97 Å². The first-order valence-corrected chi connectivity index (χ1v) is 5.33. The molecule has 0 saturated carbocycles. The highest BCUT2D eigenvalue weighted by atomic mass is 35.5. The first kappa shape index (κ1) is 13.5. The van der Waals surface area contributed by atoms with Crippen molar-refractivity contribution >= 4 is 23.5 Å². The molecule has 1 aromatic carbocycles. The lowest BCUT2D eigenvalue weighted by atomic mass is 10.1. The molecule has 92 valence electrons. The molecule has 1 aromatic rings. The summed E-state index contributed by atoms with van der Waals surface area (Å²) in [6.45, 7) is -0.320. The molecule has 1 amide bonds. The fraction of sp³-hybridized carbons (Fsp3) is 0.273. The average molecular weight is 258 g/mol. The van der Waals surface area contributed by atoms with Gasteiger partial charge in [-0.05, 0) is 12.1 Å². The number of amides is 1. The van der Waals surface area contributed by atoms with Gasteiger partial charge in [0.2, 0.25) is 0 Å². The van der Waals surface area contributed by atoms with Crippen molar-refractivity contribution in [2.75, 3.05) is 6.61 Å². The van der Waals surface area contributed by atoms with E-state index in [1.165, 1.54) is 12.1 Å². The normalized spacial score (nSPS) is 11.9. The van der Waals surface area contributed by atoms with Crippen LogP contribution < -0.4 is 5.32 Å². The van der Waals surface area contributed by atoms with Gasteiger partial charge < -0.3 is 15.5 Å². The molecule has 0 aliphatic rings. The molecule has 1 atom stereocenters. The molecule has 1 rings (SSSR count). The number of carbonyl (C=O) groups excluding carboxylic acids is 1. The number of carboxylic acid groups (broad SMARTS) is 1. The quantitative estimate of drug-likeness (QED) is 0.732. The monoisotopic (exact) mass is 257 g/mol. The molecule has 0 bridgehead atoms. The number of benzene rings is 1. The van der Waals surface area contributed by atoms with Crippen molar-refractivity contribution in [2.24, 2.45) is 0 Å². The number of aliphatic hydroxyl groups excluding tert-OH is 1. The van der Waals surface area contributed by atoms with Gasteiger partial charge in [0.1, 0.15) is 6.04 Å². The van der Waals surface area contributed by atoms with Gasteiger partial charge in [-0.25, -0.2) is 4.79 Å². The van der Waals surface area contributed by atoms with Crippen LogP contribution in [0.5, 0.6) is 0 Å². The third-order valence-corrected chi connectivity index (χ3v) is 2.47. The molecule has 0 aliphatic carbocycles. The number of nitrogens with one attached hydrogen (secondary N) is 1. The van der Waals surface area contributed by atoms with Crippen molar-refractivity contribution < 1.29 is 19.8 Å². The predicted molar refractivity (Wildman–Crippen MR) is 62.0 cm³/mol. The number of hydrogen-bond donors (Lipinski definition) is 3. The maximum Gasteiger partial charge on any atom is 0.326 e. The van der Waals surface area contributed by atoms with Crippen molar-refractivity contribution in [3.8, 4) is 0 Å². The van der Waals surface area contributed by atoms with E-state index in [2.05, 4.69) is 5.32 Å². The van der Waals surface area contributed by atoms with E-state index in [4.69, 9.17) is 21.8 Å². The largest absolute Gasteiger partial charge is 0.480 e. The van der Waals surface area contributed by atoms with E-state index in [1.54, 1.807) is 12.1 Å². The Morgan fingerprint density at radius 3 is 2.53 bits per heavy atom. The lowest BCUT2D eigenvalue weighted by Crippen LogP contribution is -2.41. The molecule has 17 heavy (non-hydrogen) atoms. The SMILES string of the molecule is O=C(NC(CCO)C(=O)O)c1ccccc1Cl. The van der Waals surface area contributed by atoms with Crippen molar-refractivity contribution in [1.82, 2.24) is 5.32 Å². The topological polar surface area (TPSA) is 86.6 Å². The number of hydrogen-bond acceptors (Lipinski definition) is 3. The number of carboxylic acids is 1. The third-order valence-electron chi connectivity index (χ3n) is 2.14. The summed E-state index contributed by atoms with van der Waals surface area (Å²) in [5.41, 5.74) is 0.207. The van der Waals surface area contributed by atoms with Crippen LogP contribution >= 0.6 is 11.6 Å². The van der Waals surface area contributed by atoms with E-state index in [0.29, 0.717) is 0 Å². The molecule has 6 heteroatoms. The Morgan fingerprint density at radius 2 is 2.00 bits per heavy atom. The molecule has 0 aromatic heterocycles. The minimum atomic E-state index is -1.19. The zero-order valence-electron chi connectivity index (χ0n) is 8.89. The number of rotatable bonds is 5. The first-order chi connectivity index (χ1) is 8.06. The third kappa shape index (κ3) is 3.72. The van der Waals surface area contributed by atoms with Gasteiger partial charge in [-0.1, -0.05) is 23.7 Å². The minimum Gasteiger partial charge on any atom is -0.480 e. The average Bonchev–Trinajstić information content (AvgIpc) is 2.28. The summed E-state index contributed by atoms with van der Waals surface area (Å²) in [6.07, 6.45) is -0.0501. The van der Waals surface area contributed by atoms with Gasteiger partial charge in [-0.15, -0.1) is 0 Å². The van der Waals surface area contributed by atoms with Crippen molar-refractivity contribution in [3.05, 3.63) is 34.9 Å². The van der Waals surface area contributed by atoms with Crippen LogP contribution in [0.2, 0.25) is 5.02 Å². The molecule has 5 nitrogen and oxygen atoms in total. The maximum absolute atomic E-state index is 11.7. The summed E-state index contributed by atoms with van der Waals surface area (Å²) in [7, 11) is 0. The van der Waals surface area contributed by atoms with Gasteiger partial charge in [0.05, 0.1) is 10.6 Å². The molecule has 0 saturated heterocycles. The van der Waals surface area contributed by atoms with Crippen LogP contribution in [0.1, 0.15) is 16.8 Å². The van der Waals surface area contributed by atoms with Gasteiger partial charge in [0, 0.05) is 13.0 Å². The van der Waals surface area contributed by atoms with Gasteiger partial charge in [-0.2, -0.15) is 0 Å². The number of halogens is 1.